The number of rotatable bonds is 7. The van der Waals surface area contributed by atoms with Crippen molar-refractivity contribution in [2.75, 3.05) is 46.3 Å². The highest BCUT2D eigenvalue weighted by Gasteiger charge is 2.29. The average molecular weight is 304 g/mol. The van der Waals surface area contributed by atoms with Crippen molar-refractivity contribution in [3.8, 4) is 0 Å². The van der Waals surface area contributed by atoms with Gasteiger partial charge in [0.1, 0.15) is 6.04 Å². The summed E-state index contributed by atoms with van der Waals surface area (Å²) in [5.41, 5.74) is 6.57. The maximum Gasteiger partial charge on any atom is 0.241 e. The summed E-state index contributed by atoms with van der Waals surface area (Å²) in [6.07, 6.45) is 1.89. The first-order valence-corrected chi connectivity index (χ1v) is 8.17. The van der Waals surface area contributed by atoms with Gasteiger partial charge in [-0.2, -0.15) is 0 Å². The van der Waals surface area contributed by atoms with Crippen LogP contribution in [0.3, 0.4) is 0 Å². The molecule has 1 saturated heterocycles. The first kappa shape index (κ1) is 16.9. The normalized spacial score (nSPS) is 18.1. The number of amides is 1. The summed E-state index contributed by atoms with van der Waals surface area (Å²) < 4.78 is 0. The molecule has 0 bridgehead atoms. The predicted molar refractivity (Wildman–Crippen MR) is 89.6 cm³/mol. The van der Waals surface area contributed by atoms with E-state index in [2.05, 4.69) is 22.2 Å². The molecule has 0 aliphatic carbocycles. The summed E-state index contributed by atoms with van der Waals surface area (Å²) in [7, 11) is 2.13. The van der Waals surface area contributed by atoms with E-state index in [1.807, 2.05) is 30.3 Å². The van der Waals surface area contributed by atoms with E-state index in [0.717, 1.165) is 44.6 Å². The zero-order chi connectivity index (χ0) is 15.8. The van der Waals surface area contributed by atoms with Gasteiger partial charge < -0.3 is 16.0 Å². The molecule has 0 saturated carbocycles. The van der Waals surface area contributed by atoms with Crippen molar-refractivity contribution in [1.82, 2.24) is 15.1 Å². The summed E-state index contributed by atoms with van der Waals surface area (Å²) in [6.45, 7) is 5.23. The van der Waals surface area contributed by atoms with Gasteiger partial charge in [-0.05, 0) is 32.0 Å². The second-order valence-corrected chi connectivity index (χ2v) is 5.94. The number of unbranched alkanes of at least 4 members (excludes halogenated alkanes) is 1. The Balaban J connectivity index is 2.03. The summed E-state index contributed by atoms with van der Waals surface area (Å²) >= 11 is 0. The van der Waals surface area contributed by atoms with E-state index in [1.165, 1.54) is 0 Å². The fraction of sp³-hybridized carbons (Fsp3) is 0.588. The molecule has 0 aromatic heterocycles. The Morgan fingerprint density at radius 1 is 1.18 bits per heavy atom. The van der Waals surface area contributed by atoms with Crippen LogP contribution in [0.25, 0.3) is 0 Å². The minimum Gasteiger partial charge on any atom is -0.354 e. The Kier molecular flexibility index (Phi) is 6.83. The Hall–Kier alpha value is -1.43. The number of carbonyl (C=O) groups excluding carboxylic acids is 1. The van der Waals surface area contributed by atoms with Crippen LogP contribution in [0.5, 0.6) is 0 Å². The van der Waals surface area contributed by atoms with E-state index in [9.17, 15) is 4.79 Å². The summed E-state index contributed by atoms with van der Waals surface area (Å²) in [5, 5.41) is 3.07. The molecule has 1 aromatic rings. The molecule has 22 heavy (non-hydrogen) atoms. The lowest BCUT2D eigenvalue weighted by Crippen LogP contribution is -2.50. The lowest BCUT2D eigenvalue weighted by atomic mass is 10.0. The highest BCUT2D eigenvalue weighted by Crippen LogP contribution is 2.22. The fourth-order valence-corrected chi connectivity index (χ4v) is 2.82. The molecule has 0 spiro atoms. The van der Waals surface area contributed by atoms with Crippen molar-refractivity contribution >= 4 is 5.91 Å². The maximum atomic E-state index is 12.7. The lowest BCUT2D eigenvalue weighted by molar-refractivity contribution is -0.127. The van der Waals surface area contributed by atoms with Gasteiger partial charge in [-0.15, -0.1) is 0 Å². The van der Waals surface area contributed by atoms with Crippen LogP contribution in [0.2, 0.25) is 0 Å². The minimum absolute atomic E-state index is 0.104. The Labute approximate surface area is 133 Å². The first-order valence-electron chi connectivity index (χ1n) is 8.17. The predicted octanol–water partition coefficient (Wildman–Crippen LogP) is 0.830. The maximum absolute atomic E-state index is 12.7. The van der Waals surface area contributed by atoms with Gasteiger partial charge in [-0.1, -0.05) is 30.3 Å². The van der Waals surface area contributed by atoms with Crippen LogP contribution < -0.4 is 11.1 Å². The molecule has 1 aromatic carbocycles. The first-order chi connectivity index (χ1) is 10.7. The zero-order valence-electron chi connectivity index (χ0n) is 13.5. The Bertz CT molecular complexity index is 443. The Morgan fingerprint density at radius 3 is 2.50 bits per heavy atom. The number of nitrogens with zero attached hydrogens (tertiary/aromatic N) is 2. The van der Waals surface area contributed by atoms with Crippen LogP contribution in [0.4, 0.5) is 0 Å². The molecule has 1 atom stereocenters. The van der Waals surface area contributed by atoms with Gasteiger partial charge in [0.25, 0.3) is 0 Å². The monoisotopic (exact) mass is 304 g/mol. The van der Waals surface area contributed by atoms with Crippen molar-refractivity contribution in [2.45, 2.75) is 18.9 Å². The molecular formula is C17H28N4O. The smallest absolute Gasteiger partial charge is 0.241 e. The van der Waals surface area contributed by atoms with Gasteiger partial charge in [0.05, 0.1) is 0 Å². The number of piperazine rings is 1. The SMILES string of the molecule is CN1CCN(C(C(=O)NCCCCN)c2ccccc2)CC1. The van der Waals surface area contributed by atoms with Gasteiger partial charge >= 0.3 is 0 Å². The van der Waals surface area contributed by atoms with E-state index in [1.54, 1.807) is 0 Å². The van der Waals surface area contributed by atoms with E-state index in [-0.39, 0.29) is 11.9 Å². The molecule has 5 heteroatoms. The van der Waals surface area contributed by atoms with Gasteiger partial charge in [0.15, 0.2) is 0 Å². The van der Waals surface area contributed by atoms with Gasteiger partial charge in [0, 0.05) is 32.7 Å². The topological polar surface area (TPSA) is 61.6 Å². The second-order valence-electron chi connectivity index (χ2n) is 5.94. The lowest BCUT2D eigenvalue weighted by Gasteiger charge is -2.37. The molecule has 0 radical (unpaired) electrons. The van der Waals surface area contributed by atoms with Gasteiger partial charge in [0.2, 0.25) is 5.91 Å². The van der Waals surface area contributed by atoms with Crippen molar-refractivity contribution in [1.29, 1.82) is 0 Å². The number of nitrogens with one attached hydrogen (secondary N) is 1. The number of benzene rings is 1. The third kappa shape index (κ3) is 4.80. The largest absolute Gasteiger partial charge is 0.354 e. The zero-order valence-corrected chi connectivity index (χ0v) is 13.5. The van der Waals surface area contributed by atoms with Crippen LogP contribution in [0.15, 0.2) is 30.3 Å². The molecule has 5 nitrogen and oxygen atoms in total. The van der Waals surface area contributed by atoms with E-state index >= 15 is 0 Å². The number of hydrogen-bond donors (Lipinski definition) is 2. The molecule has 1 aliphatic rings. The van der Waals surface area contributed by atoms with E-state index in [4.69, 9.17) is 5.73 Å². The molecule has 2 rings (SSSR count). The molecule has 122 valence electrons. The second kappa shape index (κ2) is 8.88. The van der Waals surface area contributed by atoms with Crippen LogP contribution in [0.1, 0.15) is 24.4 Å². The summed E-state index contributed by atoms with van der Waals surface area (Å²) in [5.74, 6) is 0.104. The number of likely N-dealkylation sites (N-methyl/N-ethyl adjacent to an activating group) is 1. The molecule has 1 fully saturated rings. The van der Waals surface area contributed by atoms with Crippen molar-refractivity contribution in [3.63, 3.8) is 0 Å². The number of hydrogen-bond acceptors (Lipinski definition) is 4. The molecule has 3 N–H and O–H groups in total. The summed E-state index contributed by atoms with van der Waals surface area (Å²) in [6, 6.07) is 9.89. The Morgan fingerprint density at radius 2 is 1.86 bits per heavy atom. The molecule has 1 heterocycles. The summed E-state index contributed by atoms with van der Waals surface area (Å²) in [4.78, 5) is 17.3. The van der Waals surface area contributed by atoms with Crippen LogP contribution in [-0.2, 0) is 4.79 Å². The average Bonchev–Trinajstić information content (AvgIpc) is 2.55. The standard InChI is InChI=1S/C17H28N4O/c1-20-11-13-21(14-12-20)16(15-7-3-2-4-8-15)17(22)19-10-6-5-9-18/h2-4,7-8,16H,5-6,9-14,18H2,1H3,(H,19,22). The highest BCUT2D eigenvalue weighted by atomic mass is 16.2. The van der Waals surface area contributed by atoms with Crippen molar-refractivity contribution in [3.05, 3.63) is 35.9 Å². The fourth-order valence-electron chi connectivity index (χ4n) is 2.82. The molecule has 1 amide bonds. The van der Waals surface area contributed by atoms with E-state index in [0.29, 0.717) is 13.1 Å². The highest BCUT2D eigenvalue weighted by molar-refractivity contribution is 5.83. The molecule has 1 unspecified atom stereocenters. The van der Waals surface area contributed by atoms with Crippen LogP contribution in [-0.4, -0.2) is 62.0 Å². The molecule has 1 aliphatic heterocycles. The van der Waals surface area contributed by atoms with Crippen LogP contribution in [0, 0.1) is 0 Å². The number of nitrogens with two attached hydrogens (primary N) is 1. The van der Waals surface area contributed by atoms with Gasteiger partial charge in [-0.3, -0.25) is 9.69 Å². The van der Waals surface area contributed by atoms with E-state index < -0.39 is 0 Å². The van der Waals surface area contributed by atoms with Crippen molar-refractivity contribution < 1.29 is 4.79 Å². The quantitative estimate of drug-likeness (QED) is 0.733. The number of carbonyl (C=O) groups is 1. The molecular weight excluding hydrogens is 276 g/mol. The third-order valence-corrected chi connectivity index (χ3v) is 4.20. The minimum atomic E-state index is -0.187. The van der Waals surface area contributed by atoms with Gasteiger partial charge in [-0.25, -0.2) is 0 Å². The van der Waals surface area contributed by atoms with Crippen molar-refractivity contribution in [2.24, 2.45) is 5.73 Å². The van der Waals surface area contributed by atoms with Crippen LogP contribution >= 0.6 is 0 Å². The third-order valence-electron chi connectivity index (χ3n) is 4.20.